The molecule has 164 valence electrons. The van der Waals surface area contributed by atoms with Gasteiger partial charge in [-0.25, -0.2) is 4.98 Å². The number of nitrogens with two attached hydrogens (primary N) is 1. The third-order valence-electron chi connectivity index (χ3n) is 5.05. The lowest BCUT2D eigenvalue weighted by Gasteiger charge is -2.26. The van der Waals surface area contributed by atoms with Gasteiger partial charge in [-0.15, -0.1) is 12.4 Å². The summed E-state index contributed by atoms with van der Waals surface area (Å²) in [5.74, 6) is 2.53. The molecular formula is C23H26ClN3O4. The number of carbonyl (C=O) groups is 1. The lowest BCUT2D eigenvalue weighted by atomic mass is 10.1. The maximum absolute atomic E-state index is 13.2. The smallest absolute Gasteiger partial charge is 0.257 e. The molecule has 1 aliphatic heterocycles. The van der Waals surface area contributed by atoms with Gasteiger partial charge in [-0.2, -0.15) is 0 Å². The van der Waals surface area contributed by atoms with Crippen molar-refractivity contribution in [3.63, 3.8) is 0 Å². The molecule has 0 radical (unpaired) electrons. The molecule has 2 heterocycles. The first kappa shape index (κ1) is 22.7. The van der Waals surface area contributed by atoms with Crippen LogP contribution in [0.4, 0.5) is 0 Å². The zero-order valence-corrected chi connectivity index (χ0v) is 18.2. The highest BCUT2D eigenvalue weighted by atomic mass is 35.5. The van der Waals surface area contributed by atoms with Gasteiger partial charge in [0.25, 0.3) is 5.91 Å². The van der Waals surface area contributed by atoms with Crippen molar-refractivity contribution >= 4 is 18.3 Å². The summed E-state index contributed by atoms with van der Waals surface area (Å²) in [6, 6.07) is 15.3. The van der Waals surface area contributed by atoms with Crippen LogP contribution < -0.4 is 15.2 Å². The quantitative estimate of drug-likeness (QED) is 0.602. The molecule has 0 fully saturated rings. The van der Waals surface area contributed by atoms with E-state index < -0.39 is 0 Å². The summed E-state index contributed by atoms with van der Waals surface area (Å²) in [5, 5.41) is 0. The minimum atomic E-state index is -0.108. The zero-order valence-electron chi connectivity index (χ0n) is 17.4. The van der Waals surface area contributed by atoms with Crippen LogP contribution in [-0.2, 0) is 19.4 Å². The Kier molecular flexibility index (Phi) is 7.55. The van der Waals surface area contributed by atoms with E-state index in [1.165, 1.54) is 0 Å². The predicted octanol–water partition coefficient (Wildman–Crippen LogP) is 3.23. The Balaban J connectivity index is 0.00000272. The van der Waals surface area contributed by atoms with Gasteiger partial charge in [-0.1, -0.05) is 30.3 Å². The van der Waals surface area contributed by atoms with Crippen molar-refractivity contribution < 1.29 is 18.7 Å². The average Bonchev–Trinajstić information content (AvgIpc) is 3.19. The second kappa shape index (κ2) is 10.3. The van der Waals surface area contributed by atoms with E-state index in [1.807, 2.05) is 30.3 Å². The molecule has 8 heteroatoms. The van der Waals surface area contributed by atoms with Crippen LogP contribution in [0.25, 0.3) is 0 Å². The molecule has 1 aromatic heterocycles. The van der Waals surface area contributed by atoms with Crippen LogP contribution in [0, 0.1) is 0 Å². The number of hydrogen-bond acceptors (Lipinski definition) is 6. The number of carbonyl (C=O) groups excluding carboxylic acids is 1. The Morgan fingerprint density at radius 1 is 1.23 bits per heavy atom. The molecule has 2 aromatic carbocycles. The molecule has 31 heavy (non-hydrogen) atoms. The fourth-order valence-electron chi connectivity index (χ4n) is 3.54. The van der Waals surface area contributed by atoms with E-state index in [0.29, 0.717) is 62.0 Å². The summed E-state index contributed by atoms with van der Waals surface area (Å²) in [4.78, 5) is 19.6. The fraction of sp³-hybridized carbons (Fsp3) is 0.304. The molecule has 1 amide bonds. The molecular weight excluding hydrogens is 418 g/mol. The van der Waals surface area contributed by atoms with E-state index in [0.717, 1.165) is 17.0 Å². The van der Waals surface area contributed by atoms with Crippen LogP contribution in [0.1, 0.15) is 33.3 Å². The molecule has 0 saturated carbocycles. The van der Waals surface area contributed by atoms with Crippen LogP contribution in [0.3, 0.4) is 0 Å². The first-order valence-corrected chi connectivity index (χ1v) is 9.99. The van der Waals surface area contributed by atoms with Gasteiger partial charge < -0.3 is 24.5 Å². The topological polar surface area (TPSA) is 90.8 Å². The van der Waals surface area contributed by atoms with Crippen LogP contribution in [-0.4, -0.2) is 42.6 Å². The molecule has 0 atom stereocenters. The van der Waals surface area contributed by atoms with Crippen LogP contribution in [0.15, 0.2) is 52.9 Å². The van der Waals surface area contributed by atoms with E-state index in [2.05, 4.69) is 4.98 Å². The van der Waals surface area contributed by atoms with Crippen molar-refractivity contribution in [3.05, 3.63) is 77.0 Å². The third-order valence-corrected chi connectivity index (χ3v) is 5.05. The molecule has 2 N–H and O–H groups in total. The van der Waals surface area contributed by atoms with E-state index in [1.54, 1.807) is 30.2 Å². The van der Waals surface area contributed by atoms with E-state index in [9.17, 15) is 4.79 Å². The van der Waals surface area contributed by atoms with Crippen molar-refractivity contribution in [2.75, 3.05) is 26.8 Å². The molecule has 0 unspecified atom stereocenters. The maximum Gasteiger partial charge on any atom is 0.257 e. The fourth-order valence-corrected chi connectivity index (χ4v) is 3.54. The molecule has 3 aromatic rings. The van der Waals surface area contributed by atoms with Crippen LogP contribution in [0.2, 0.25) is 0 Å². The van der Waals surface area contributed by atoms with Gasteiger partial charge in [0.1, 0.15) is 29.6 Å². The normalized spacial score (nSPS) is 12.6. The first-order chi connectivity index (χ1) is 14.7. The summed E-state index contributed by atoms with van der Waals surface area (Å²) in [6.45, 7) is 1.66. The van der Waals surface area contributed by atoms with Gasteiger partial charge in [0.2, 0.25) is 0 Å². The van der Waals surface area contributed by atoms with Gasteiger partial charge >= 0.3 is 0 Å². The lowest BCUT2D eigenvalue weighted by Crippen LogP contribution is -2.36. The Labute approximate surface area is 187 Å². The first-order valence-electron chi connectivity index (χ1n) is 9.99. The summed E-state index contributed by atoms with van der Waals surface area (Å²) in [7, 11) is 1.58. The number of benzene rings is 2. The van der Waals surface area contributed by atoms with E-state index in [-0.39, 0.29) is 18.3 Å². The second-order valence-electron chi connectivity index (χ2n) is 7.12. The Hall–Kier alpha value is -3.03. The number of hydrogen-bond donors (Lipinski definition) is 1. The number of methoxy groups -OCH3 is 1. The van der Waals surface area contributed by atoms with Crippen molar-refractivity contribution in [2.45, 2.75) is 19.4 Å². The highest BCUT2D eigenvalue weighted by molar-refractivity contribution is 5.97. The summed E-state index contributed by atoms with van der Waals surface area (Å²) in [6.07, 6.45) is 1.27. The summed E-state index contributed by atoms with van der Waals surface area (Å²) < 4.78 is 16.9. The van der Waals surface area contributed by atoms with Gasteiger partial charge in [0, 0.05) is 32.0 Å². The van der Waals surface area contributed by atoms with Gasteiger partial charge in [-0.3, -0.25) is 4.79 Å². The molecule has 7 nitrogen and oxygen atoms in total. The van der Waals surface area contributed by atoms with E-state index >= 15 is 0 Å². The molecule has 0 saturated heterocycles. The Morgan fingerprint density at radius 2 is 2.03 bits per heavy atom. The SMILES string of the molecule is COc1ccc(C(=O)N2CCc3oc(Cc4ccccc4)nc3C2)c(OCCN)c1.Cl. The van der Waals surface area contributed by atoms with Crippen molar-refractivity contribution in [1.82, 2.24) is 9.88 Å². The van der Waals surface area contributed by atoms with Gasteiger partial charge in [-0.05, 0) is 17.7 Å². The Bertz CT molecular complexity index is 1020. The number of nitrogens with zero attached hydrogens (tertiary/aromatic N) is 2. The van der Waals surface area contributed by atoms with Gasteiger partial charge in [0.05, 0.1) is 19.2 Å². The molecule has 0 bridgehead atoms. The number of halogens is 1. The number of fused-ring (bicyclic) bond motifs is 1. The van der Waals surface area contributed by atoms with Gasteiger partial charge in [0.15, 0.2) is 5.89 Å². The predicted molar refractivity (Wildman–Crippen MR) is 119 cm³/mol. The largest absolute Gasteiger partial charge is 0.497 e. The number of rotatable bonds is 7. The minimum absolute atomic E-state index is 0. The molecule has 1 aliphatic rings. The van der Waals surface area contributed by atoms with Crippen molar-refractivity contribution in [3.8, 4) is 11.5 Å². The van der Waals surface area contributed by atoms with Crippen LogP contribution in [0.5, 0.6) is 11.5 Å². The average molecular weight is 444 g/mol. The standard InChI is InChI=1S/C23H25N3O4.ClH/c1-28-17-7-8-18(21(14-17)29-12-10-24)23(27)26-11-9-20-19(15-26)25-22(30-20)13-16-5-3-2-4-6-16;/h2-8,14H,9-13,15,24H2,1H3;1H. The van der Waals surface area contributed by atoms with Crippen molar-refractivity contribution in [1.29, 1.82) is 0 Å². The molecule has 0 spiro atoms. The maximum atomic E-state index is 13.2. The molecule has 0 aliphatic carbocycles. The zero-order chi connectivity index (χ0) is 20.9. The van der Waals surface area contributed by atoms with Crippen LogP contribution >= 0.6 is 12.4 Å². The highest BCUT2D eigenvalue weighted by Gasteiger charge is 2.28. The number of aromatic nitrogens is 1. The van der Waals surface area contributed by atoms with Crippen molar-refractivity contribution in [2.24, 2.45) is 5.73 Å². The lowest BCUT2D eigenvalue weighted by molar-refractivity contribution is 0.0723. The number of oxazole rings is 1. The summed E-state index contributed by atoms with van der Waals surface area (Å²) in [5.41, 5.74) is 8.00. The third kappa shape index (κ3) is 5.18. The highest BCUT2D eigenvalue weighted by Crippen LogP contribution is 2.28. The second-order valence-corrected chi connectivity index (χ2v) is 7.12. The molecule has 4 rings (SSSR count). The minimum Gasteiger partial charge on any atom is -0.497 e. The summed E-state index contributed by atoms with van der Waals surface area (Å²) >= 11 is 0. The number of ether oxygens (including phenoxy) is 2. The number of amides is 1. The monoisotopic (exact) mass is 443 g/mol. The Morgan fingerprint density at radius 3 is 2.77 bits per heavy atom. The van der Waals surface area contributed by atoms with E-state index in [4.69, 9.17) is 19.6 Å².